The van der Waals surface area contributed by atoms with Gasteiger partial charge in [-0.3, -0.25) is 0 Å². The lowest BCUT2D eigenvalue weighted by Gasteiger charge is -2.33. The van der Waals surface area contributed by atoms with E-state index in [0.717, 1.165) is 36.3 Å². The molecule has 0 aliphatic carbocycles. The Hall–Kier alpha value is -3.63. The Labute approximate surface area is 213 Å². The van der Waals surface area contributed by atoms with Gasteiger partial charge >= 0.3 is 5.97 Å². The highest BCUT2D eigenvalue weighted by atomic mass is 16.5. The summed E-state index contributed by atoms with van der Waals surface area (Å²) in [6.45, 7) is 5.02. The second-order valence-corrected chi connectivity index (χ2v) is 9.66. The molecule has 4 aromatic rings. The van der Waals surface area contributed by atoms with Crippen molar-refractivity contribution in [1.82, 2.24) is 5.32 Å². The third-order valence-electron chi connectivity index (χ3n) is 7.36. The SMILES string of the molecule is COC(=O)c1cc(C2CC(CCN[C@H](C)c3cccc4ccccc34)Oc3ccccc32)ccc1C. The second kappa shape index (κ2) is 10.5. The van der Waals surface area contributed by atoms with Crippen molar-refractivity contribution in [2.45, 2.75) is 44.8 Å². The number of esters is 1. The molecule has 184 valence electrons. The zero-order valence-corrected chi connectivity index (χ0v) is 21.2. The van der Waals surface area contributed by atoms with E-state index in [0.29, 0.717) is 5.56 Å². The van der Waals surface area contributed by atoms with Crippen molar-refractivity contribution >= 4 is 16.7 Å². The van der Waals surface area contributed by atoms with Crippen LogP contribution in [0.2, 0.25) is 0 Å². The first-order valence-corrected chi connectivity index (χ1v) is 12.7. The van der Waals surface area contributed by atoms with Crippen molar-refractivity contribution in [1.29, 1.82) is 0 Å². The van der Waals surface area contributed by atoms with E-state index in [2.05, 4.69) is 79.0 Å². The summed E-state index contributed by atoms with van der Waals surface area (Å²) < 4.78 is 11.4. The van der Waals surface area contributed by atoms with Crippen LogP contribution in [0.15, 0.2) is 84.9 Å². The quantitative estimate of drug-likeness (QED) is 0.291. The van der Waals surface area contributed by atoms with E-state index in [-0.39, 0.29) is 24.0 Å². The summed E-state index contributed by atoms with van der Waals surface area (Å²) in [4.78, 5) is 12.3. The summed E-state index contributed by atoms with van der Waals surface area (Å²) in [5, 5.41) is 6.28. The number of nitrogens with one attached hydrogen (secondary N) is 1. The number of hydrogen-bond donors (Lipinski definition) is 1. The number of carbonyl (C=O) groups is 1. The van der Waals surface area contributed by atoms with E-state index in [1.54, 1.807) is 0 Å². The second-order valence-electron chi connectivity index (χ2n) is 9.66. The van der Waals surface area contributed by atoms with Gasteiger partial charge < -0.3 is 14.8 Å². The number of aryl methyl sites for hydroxylation is 1. The number of hydrogen-bond acceptors (Lipinski definition) is 4. The van der Waals surface area contributed by atoms with Gasteiger partial charge in [-0.15, -0.1) is 0 Å². The molecule has 4 heteroatoms. The molecular weight excluding hydrogens is 446 g/mol. The summed E-state index contributed by atoms with van der Waals surface area (Å²) in [7, 11) is 1.43. The molecule has 0 amide bonds. The Morgan fingerprint density at radius 1 is 1.03 bits per heavy atom. The van der Waals surface area contributed by atoms with Gasteiger partial charge in [-0.05, 0) is 72.8 Å². The van der Waals surface area contributed by atoms with Crippen LogP contribution < -0.4 is 10.1 Å². The Bertz CT molecular complexity index is 1370. The fourth-order valence-corrected chi connectivity index (χ4v) is 5.37. The lowest BCUT2D eigenvalue weighted by molar-refractivity contribution is 0.0599. The van der Waals surface area contributed by atoms with E-state index >= 15 is 0 Å². The zero-order chi connectivity index (χ0) is 25.1. The van der Waals surface area contributed by atoms with Crippen molar-refractivity contribution in [2.75, 3.05) is 13.7 Å². The van der Waals surface area contributed by atoms with Crippen molar-refractivity contribution in [2.24, 2.45) is 0 Å². The molecular formula is C32H33NO3. The Kier molecular flexibility index (Phi) is 7.06. The van der Waals surface area contributed by atoms with Gasteiger partial charge in [0.05, 0.1) is 12.7 Å². The van der Waals surface area contributed by atoms with Crippen LogP contribution in [0, 0.1) is 6.92 Å². The van der Waals surface area contributed by atoms with Crippen molar-refractivity contribution in [3.63, 3.8) is 0 Å². The Balaban J connectivity index is 1.32. The monoisotopic (exact) mass is 479 g/mol. The molecule has 0 bridgehead atoms. The van der Waals surface area contributed by atoms with Gasteiger partial charge in [-0.1, -0.05) is 72.8 Å². The van der Waals surface area contributed by atoms with Crippen LogP contribution in [0.25, 0.3) is 10.8 Å². The maximum absolute atomic E-state index is 12.3. The molecule has 2 unspecified atom stereocenters. The van der Waals surface area contributed by atoms with Gasteiger partial charge in [0.25, 0.3) is 0 Å². The van der Waals surface area contributed by atoms with Crippen LogP contribution in [0.4, 0.5) is 0 Å². The fourth-order valence-electron chi connectivity index (χ4n) is 5.37. The van der Waals surface area contributed by atoms with Gasteiger partial charge in [0.2, 0.25) is 0 Å². The number of para-hydroxylation sites is 1. The molecule has 4 aromatic carbocycles. The van der Waals surface area contributed by atoms with Gasteiger partial charge in [0.1, 0.15) is 11.9 Å². The third kappa shape index (κ3) is 4.87. The highest BCUT2D eigenvalue weighted by Gasteiger charge is 2.30. The lowest BCUT2D eigenvalue weighted by atomic mass is 9.82. The number of carbonyl (C=O) groups excluding carboxylic acids is 1. The van der Waals surface area contributed by atoms with E-state index in [1.165, 1.54) is 29.0 Å². The van der Waals surface area contributed by atoms with Gasteiger partial charge in [-0.25, -0.2) is 4.79 Å². The smallest absolute Gasteiger partial charge is 0.338 e. The molecule has 0 saturated carbocycles. The van der Waals surface area contributed by atoms with Crippen molar-refractivity contribution < 1.29 is 14.3 Å². The van der Waals surface area contributed by atoms with E-state index in [9.17, 15) is 4.79 Å². The molecule has 5 rings (SSSR count). The van der Waals surface area contributed by atoms with Crippen LogP contribution in [0.5, 0.6) is 5.75 Å². The zero-order valence-electron chi connectivity index (χ0n) is 21.2. The first-order chi connectivity index (χ1) is 17.5. The molecule has 3 atom stereocenters. The summed E-state index contributed by atoms with van der Waals surface area (Å²) in [6.07, 6.45) is 1.85. The fraction of sp³-hybridized carbons (Fsp3) is 0.281. The normalized spacial score (nSPS) is 17.8. The van der Waals surface area contributed by atoms with E-state index in [4.69, 9.17) is 9.47 Å². The highest BCUT2D eigenvalue weighted by molar-refractivity contribution is 5.91. The molecule has 1 heterocycles. The van der Waals surface area contributed by atoms with Crippen LogP contribution >= 0.6 is 0 Å². The Morgan fingerprint density at radius 3 is 2.67 bits per heavy atom. The molecule has 1 aliphatic rings. The summed E-state index contributed by atoms with van der Waals surface area (Å²) >= 11 is 0. The number of fused-ring (bicyclic) bond motifs is 2. The molecule has 0 fully saturated rings. The number of rotatable bonds is 7. The van der Waals surface area contributed by atoms with E-state index < -0.39 is 0 Å². The third-order valence-corrected chi connectivity index (χ3v) is 7.36. The standard InChI is InChI=1S/C32H33NO3/c1-21-15-16-24(19-29(21)32(34)35-3)30-20-25(36-31-14-7-6-12-28(30)31)17-18-33-22(2)26-13-8-10-23-9-4-5-11-27(23)26/h4-16,19,22,25,30,33H,17-18,20H2,1-3H3/t22-,25?,30?/m1/s1. The van der Waals surface area contributed by atoms with Crippen LogP contribution in [0.3, 0.4) is 0 Å². The Morgan fingerprint density at radius 2 is 1.81 bits per heavy atom. The maximum Gasteiger partial charge on any atom is 0.338 e. The van der Waals surface area contributed by atoms with Crippen LogP contribution in [-0.4, -0.2) is 25.7 Å². The van der Waals surface area contributed by atoms with Crippen molar-refractivity contribution in [3.8, 4) is 5.75 Å². The molecule has 0 spiro atoms. The predicted molar refractivity (Wildman–Crippen MR) is 145 cm³/mol. The van der Waals surface area contributed by atoms with Gasteiger partial charge in [0.15, 0.2) is 0 Å². The first-order valence-electron chi connectivity index (χ1n) is 12.7. The average Bonchev–Trinajstić information content (AvgIpc) is 2.92. The molecule has 1 N–H and O–H groups in total. The topological polar surface area (TPSA) is 47.6 Å². The van der Waals surface area contributed by atoms with Crippen molar-refractivity contribution in [3.05, 3.63) is 113 Å². The maximum atomic E-state index is 12.3. The number of benzene rings is 4. The van der Waals surface area contributed by atoms with Crippen LogP contribution in [-0.2, 0) is 4.74 Å². The molecule has 0 saturated heterocycles. The minimum absolute atomic E-state index is 0.0833. The largest absolute Gasteiger partial charge is 0.490 e. The molecule has 36 heavy (non-hydrogen) atoms. The first kappa shape index (κ1) is 24.1. The highest BCUT2D eigenvalue weighted by Crippen LogP contribution is 2.41. The molecule has 0 radical (unpaired) electrons. The molecule has 0 aromatic heterocycles. The molecule has 4 nitrogen and oxygen atoms in total. The summed E-state index contributed by atoms with van der Waals surface area (Å²) in [5.74, 6) is 0.804. The summed E-state index contributed by atoms with van der Waals surface area (Å²) in [6, 6.07) is 29.7. The van der Waals surface area contributed by atoms with E-state index in [1.807, 2.05) is 25.1 Å². The van der Waals surface area contributed by atoms with Crippen LogP contribution in [0.1, 0.15) is 64.3 Å². The number of ether oxygens (including phenoxy) is 2. The predicted octanol–water partition coefficient (Wildman–Crippen LogP) is 6.96. The van der Waals surface area contributed by atoms with Gasteiger partial charge in [0, 0.05) is 17.5 Å². The minimum Gasteiger partial charge on any atom is -0.490 e. The number of methoxy groups -OCH3 is 1. The molecule has 1 aliphatic heterocycles. The average molecular weight is 480 g/mol. The van der Waals surface area contributed by atoms with Gasteiger partial charge in [-0.2, -0.15) is 0 Å². The summed E-state index contributed by atoms with van der Waals surface area (Å²) in [5.41, 5.74) is 5.16. The minimum atomic E-state index is -0.294. The lowest BCUT2D eigenvalue weighted by Crippen LogP contribution is -2.31.